The third-order valence-corrected chi connectivity index (χ3v) is 2.58. The molecule has 0 spiro atoms. The van der Waals surface area contributed by atoms with Crippen LogP contribution in [0.2, 0.25) is 0 Å². The summed E-state index contributed by atoms with van der Waals surface area (Å²) in [5, 5.41) is 0. The van der Waals surface area contributed by atoms with Crippen LogP contribution < -0.4 is 0 Å². The average Bonchev–Trinajstić information content (AvgIpc) is 2.26. The zero-order valence-electron chi connectivity index (χ0n) is 8.46. The van der Waals surface area contributed by atoms with Gasteiger partial charge in [0.15, 0.2) is 0 Å². The summed E-state index contributed by atoms with van der Waals surface area (Å²) in [6.07, 6.45) is 4.97. The summed E-state index contributed by atoms with van der Waals surface area (Å²) in [7, 11) is 0. The van der Waals surface area contributed by atoms with E-state index in [0.29, 0.717) is 6.61 Å². The van der Waals surface area contributed by atoms with Crippen LogP contribution in [0, 0.1) is 5.82 Å². The molecule has 0 radical (unpaired) electrons. The van der Waals surface area contributed by atoms with E-state index in [0.717, 1.165) is 23.0 Å². The van der Waals surface area contributed by atoms with Crippen LogP contribution in [0.3, 0.4) is 0 Å². The number of benzene rings is 1. The van der Waals surface area contributed by atoms with Crippen LogP contribution in [0.5, 0.6) is 0 Å². The lowest BCUT2D eigenvalue weighted by Gasteiger charge is -1.97. The van der Waals surface area contributed by atoms with Crippen molar-refractivity contribution in [1.82, 2.24) is 0 Å². The predicted molar refractivity (Wildman–Crippen MR) is 69.8 cm³/mol. The Labute approximate surface area is 103 Å². The maximum absolute atomic E-state index is 12.6. The van der Waals surface area contributed by atoms with E-state index in [-0.39, 0.29) is 5.82 Å². The van der Waals surface area contributed by atoms with Crippen molar-refractivity contribution in [3.8, 4) is 0 Å². The second kappa shape index (κ2) is 7.82. The van der Waals surface area contributed by atoms with Crippen molar-refractivity contribution >= 4 is 28.7 Å². The lowest BCUT2D eigenvalue weighted by Crippen LogP contribution is -1.94. The molecule has 1 aromatic rings. The Bertz CT molecular complexity index is 295. The summed E-state index contributed by atoms with van der Waals surface area (Å²) in [6, 6.07) is 6.40. The Hall–Kier alpha value is -0.420. The fraction of sp³-hybridized carbons (Fsp3) is 0.333. The van der Waals surface area contributed by atoms with Gasteiger partial charge in [0.2, 0.25) is 0 Å². The largest absolute Gasteiger partial charge is 0.377 e. The molecule has 0 aliphatic heterocycles. The van der Waals surface area contributed by atoms with Crippen molar-refractivity contribution < 1.29 is 9.13 Å². The molecule has 0 bridgehead atoms. The molecule has 15 heavy (non-hydrogen) atoms. The van der Waals surface area contributed by atoms with Crippen molar-refractivity contribution in [2.45, 2.75) is 6.42 Å². The van der Waals surface area contributed by atoms with Crippen LogP contribution in [0.25, 0.3) is 6.08 Å². The number of rotatable bonds is 6. The fourth-order valence-electron chi connectivity index (χ4n) is 1.07. The summed E-state index contributed by atoms with van der Waals surface area (Å²) < 4.78 is 19.0. The molecule has 0 aromatic heterocycles. The molecule has 0 atom stereocenters. The first-order valence-electron chi connectivity index (χ1n) is 4.89. The van der Waals surface area contributed by atoms with Crippen LogP contribution in [0.4, 0.5) is 4.39 Å². The van der Waals surface area contributed by atoms with E-state index in [1.54, 1.807) is 12.1 Å². The molecular formula is C12H14FIO. The minimum absolute atomic E-state index is 0.203. The summed E-state index contributed by atoms with van der Waals surface area (Å²) >= 11 is 2.33. The molecule has 0 amide bonds. The summed E-state index contributed by atoms with van der Waals surface area (Å²) in [6.45, 7) is 1.42. The van der Waals surface area contributed by atoms with Crippen molar-refractivity contribution in [2.24, 2.45) is 0 Å². The number of hydrogen-bond donors (Lipinski definition) is 0. The van der Waals surface area contributed by atoms with E-state index in [1.165, 1.54) is 12.1 Å². The Balaban J connectivity index is 2.23. The van der Waals surface area contributed by atoms with Crippen molar-refractivity contribution in [1.29, 1.82) is 0 Å². The Kier molecular flexibility index (Phi) is 6.59. The number of alkyl halides is 1. The summed E-state index contributed by atoms with van der Waals surface area (Å²) in [4.78, 5) is 0. The average molecular weight is 320 g/mol. The smallest absolute Gasteiger partial charge is 0.123 e. The maximum atomic E-state index is 12.6. The van der Waals surface area contributed by atoms with Gasteiger partial charge in [0.05, 0.1) is 6.61 Å². The zero-order valence-corrected chi connectivity index (χ0v) is 10.6. The third kappa shape index (κ3) is 5.89. The minimum atomic E-state index is -0.203. The molecule has 1 rings (SSSR count). The van der Waals surface area contributed by atoms with Gasteiger partial charge in [-0.1, -0.05) is 46.9 Å². The van der Waals surface area contributed by atoms with Crippen LogP contribution in [0.1, 0.15) is 12.0 Å². The summed E-state index contributed by atoms with van der Waals surface area (Å²) in [5.74, 6) is -0.203. The lowest BCUT2D eigenvalue weighted by atomic mass is 10.2. The van der Waals surface area contributed by atoms with Gasteiger partial charge in [0.25, 0.3) is 0 Å². The highest BCUT2D eigenvalue weighted by Crippen LogP contribution is 2.04. The molecule has 3 heteroatoms. The van der Waals surface area contributed by atoms with Gasteiger partial charge in [-0.05, 0) is 24.1 Å². The molecule has 0 unspecified atom stereocenters. The van der Waals surface area contributed by atoms with Gasteiger partial charge < -0.3 is 4.74 Å². The Morgan fingerprint density at radius 3 is 2.67 bits per heavy atom. The highest BCUT2D eigenvalue weighted by molar-refractivity contribution is 14.1. The van der Waals surface area contributed by atoms with Crippen LogP contribution in [-0.4, -0.2) is 17.6 Å². The highest BCUT2D eigenvalue weighted by atomic mass is 127. The molecule has 1 aromatic carbocycles. The maximum Gasteiger partial charge on any atom is 0.123 e. The summed E-state index contributed by atoms with van der Waals surface area (Å²) in [5.41, 5.74) is 0.994. The van der Waals surface area contributed by atoms with Gasteiger partial charge in [0.1, 0.15) is 5.82 Å². The standard InChI is InChI=1S/C12H14FIO/c13-12-6-4-11(5-7-12)3-1-9-15-10-2-8-14/h1,3-7H,2,8-10H2/b3-1+. The van der Waals surface area contributed by atoms with Crippen molar-refractivity contribution in [3.63, 3.8) is 0 Å². The SMILES string of the molecule is Fc1ccc(/C=C/COCCCI)cc1. The number of ether oxygens (including phenoxy) is 1. The first-order valence-corrected chi connectivity index (χ1v) is 6.41. The molecule has 0 N–H and O–H groups in total. The van der Waals surface area contributed by atoms with E-state index in [4.69, 9.17) is 4.74 Å². The Morgan fingerprint density at radius 1 is 1.27 bits per heavy atom. The normalized spacial score (nSPS) is 11.1. The molecule has 1 nitrogen and oxygen atoms in total. The third-order valence-electron chi connectivity index (χ3n) is 1.82. The molecule has 0 heterocycles. The lowest BCUT2D eigenvalue weighted by molar-refractivity contribution is 0.164. The number of hydrogen-bond acceptors (Lipinski definition) is 1. The minimum Gasteiger partial charge on any atom is -0.377 e. The first-order chi connectivity index (χ1) is 7.33. The van der Waals surface area contributed by atoms with Gasteiger partial charge in [-0.25, -0.2) is 4.39 Å². The monoisotopic (exact) mass is 320 g/mol. The topological polar surface area (TPSA) is 9.23 Å². The van der Waals surface area contributed by atoms with Gasteiger partial charge in [-0.2, -0.15) is 0 Å². The van der Waals surface area contributed by atoms with Gasteiger partial charge >= 0.3 is 0 Å². The van der Waals surface area contributed by atoms with Crippen LogP contribution in [-0.2, 0) is 4.74 Å². The van der Waals surface area contributed by atoms with Gasteiger partial charge in [0, 0.05) is 11.0 Å². The number of halogens is 2. The molecule has 82 valence electrons. The molecule has 0 saturated heterocycles. The second-order valence-electron chi connectivity index (χ2n) is 3.07. The molecule has 0 fully saturated rings. The van der Waals surface area contributed by atoms with E-state index < -0.39 is 0 Å². The zero-order chi connectivity index (χ0) is 10.9. The van der Waals surface area contributed by atoms with E-state index >= 15 is 0 Å². The van der Waals surface area contributed by atoms with E-state index in [9.17, 15) is 4.39 Å². The fourth-order valence-corrected chi connectivity index (χ4v) is 1.38. The van der Waals surface area contributed by atoms with Crippen LogP contribution >= 0.6 is 22.6 Å². The Morgan fingerprint density at radius 2 is 2.00 bits per heavy atom. The predicted octanol–water partition coefficient (Wildman–Crippen LogP) is 3.68. The van der Waals surface area contributed by atoms with Gasteiger partial charge in [-0.3, -0.25) is 0 Å². The molecule has 0 aliphatic carbocycles. The van der Waals surface area contributed by atoms with Crippen molar-refractivity contribution in [2.75, 3.05) is 17.6 Å². The van der Waals surface area contributed by atoms with E-state index in [2.05, 4.69) is 22.6 Å². The highest BCUT2D eigenvalue weighted by Gasteiger charge is 1.88. The molecule has 0 aliphatic rings. The molecule has 0 saturated carbocycles. The second-order valence-corrected chi connectivity index (χ2v) is 4.15. The first kappa shape index (κ1) is 12.6. The van der Waals surface area contributed by atoms with Crippen molar-refractivity contribution in [3.05, 3.63) is 41.7 Å². The van der Waals surface area contributed by atoms with E-state index in [1.807, 2.05) is 12.2 Å². The van der Waals surface area contributed by atoms with Crippen LogP contribution in [0.15, 0.2) is 30.3 Å². The molecular weight excluding hydrogens is 306 g/mol. The van der Waals surface area contributed by atoms with Gasteiger partial charge in [-0.15, -0.1) is 0 Å². The quantitative estimate of drug-likeness (QED) is 0.441.